The number of benzene rings is 1. The van der Waals surface area contributed by atoms with E-state index in [0.29, 0.717) is 31.3 Å². The molecular formula is C15H19N5O3. The quantitative estimate of drug-likeness (QED) is 0.826. The topological polar surface area (TPSA) is 92.4 Å². The van der Waals surface area contributed by atoms with Crippen LogP contribution in [0, 0.1) is 0 Å². The second-order valence-corrected chi connectivity index (χ2v) is 5.19. The van der Waals surface area contributed by atoms with Gasteiger partial charge in [0.1, 0.15) is 11.4 Å². The molecule has 2 aromatic rings. The molecule has 0 radical (unpaired) electrons. The van der Waals surface area contributed by atoms with Crippen molar-refractivity contribution in [2.75, 3.05) is 38.8 Å². The molecule has 1 aliphatic rings. The van der Waals surface area contributed by atoms with Crippen molar-refractivity contribution >= 4 is 5.95 Å². The van der Waals surface area contributed by atoms with Gasteiger partial charge in [0, 0.05) is 19.5 Å². The summed E-state index contributed by atoms with van der Waals surface area (Å²) in [6.45, 7) is 2.77. The lowest BCUT2D eigenvalue weighted by Gasteiger charge is -2.26. The van der Waals surface area contributed by atoms with Gasteiger partial charge in [0.15, 0.2) is 0 Å². The summed E-state index contributed by atoms with van der Waals surface area (Å²) < 4.78 is 10.4. The molecule has 2 N–H and O–H groups in total. The average molecular weight is 317 g/mol. The SMILES string of the molecule is COc1ccc(Cc2nnc(NN3CCOCC3)[nH]c2=O)cc1. The molecule has 0 atom stereocenters. The molecule has 8 nitrogen and oxygen atoms in total. The number of H-pyrrole nitrogens is 1. The van der Waals surface area contributed by atoms with E-state index >= 15 is 0 Å². The standard InChI is InChI=1S/C15H19N5O3/c1-22-12-4-2-11(3-5-12)10-13-14(21)16-15(18-17-13)19-20-6-8-23-9-7-20/h2-5H,6-10H2,1H3,(H2,16,18,19,21). The Morgan fingerprint density at radius 1 is 1.26 bits per heavy atom. The number of nitrogens with one attached hydrogen (secondary N) is 2. The molecule has 0 unspecified atom stereocenters. The van der Waals surface area contributed by atoms with Crippen LogP contribution in [0.25, 0.3) is 0 Å². The number of anilines is 1. The lowest BCUT2D eigenvalue weighted by molar-refractivity contribution is 0.0492. The maximum Gasteiger partial charge on any atom is 0.274 e. The molecule has 122 valence electrons. The number of aromatic amines is 1. The smallest absolute Gasteiger partial charge is 0.274 e. The zero-order chi connectivity index (χ0) is 16.1. The predicted octanol–water partition coefficient (Wildman–Crippen LogP) is 0.423. The molecule has 2 heterocycles. The van der Waals surface area contributed by atoms with Crippen LogP contribution in [0.4, 0.5) is 5.95 Å². The molecule has 0 bridgehead atoms. The number of morpholine rings is 1. The summed E-state index contributed by atoms with van der Waals surface area (Å²) in [6.07, 6.45) is 0.421. The fourth-order valence-electron chi connectivity index (χ4n) is 2.29. The molecule has 3 rings (SSSR count). The Hall–Kier alpha value is -2.45. The Morgan fingerprint density at radius 3 is 2.65 bits per heavy atom. The molecule has 0 saturated carbocycles. The number of hydrogen-bond donors (Lipinski definition) is 2. The van der Waals surface area contributed by atoms with Crippen molar-refractivity contribution in [1.29, 1.82) is 0 Å². The zero-order valence-electron chi connectivity index (χ0n) is 12.9. The van der Waals surface area contributed by atoms with Gasteiger partial charge < -0.3 is 9.47 Å². The van der Waals surface area contributed by atoms with Gasteiger partial charge in [-0.2, -0.15) is 0 Å². The lowest BCUT2D eigenvalue weighted by atomic mass is 10.1. The van der Waals surface area contributed by atoms with Crippen LogP contribution < -0.4 is 15.7 Å². The third kappa shape index (κ3) is 4.05. The number of hydrazine groups is 1. The van der Waals surface area contributed by atoms with Crippen LogP contribution in [-0.2, 0) is 11.2 Å². The minimum absolute atomic E-state index is 0.244. The number of hydrogen-bond acceptors (Lipinski definition) is 7. The van der Waals surface area contributed by atoms with Gasteiger partial charge in [-0.15, -0.1) is 10.2 Å². The van der Waals surface area contributed by atoms with Crippen molar-refractivity contribution in [2.45, 2.75) is 6.42 Å². The monoisotopic (exact) mass is 317 g/mol. The minimum atomic E-state index is -0.244. The number of ether oxygens (including phenoxy) is 2. The van der Waals surface area contributed by atoms with E-state index in [0.717, 1.165) is 24.4 Å². The first-order valence-corrected chi connectivity index (χ1v) is 7.43. The predicted molar refractivity (Wildman–Crippen MR) is 84.5 cm³/mol. The third-order valence-corrected chi connectivity index (χ3v) is 3.57. The van der Waals surface area contributed by atoms with E-state index in [4.69, 9.17) is 9.47 Å². The van der Waals surface area contributed by atoms with Gasteiger partial charge in [-0.25, -0.2) is 5.01 Å². The van der Waals surface area contributed by atoms with Gasteiger partial charge in [-0.1, -0.05) is 12.1 Å². The highest BCUT2D eigenvalue weighted by Gasteiger charge is 2.12. The van der Waals surface area contributed by atoms with E-state index in [-0.39, 0.29) is 5.56 Å². The second-order valence-electron chi connectivity index (χ2n) is 5.19. The summed E-state index contributed by atoms with van der Waals surface area (Å²) in [6, 6.07) is 7.51. The summed E-state index contributed by atoms with van der Waals surface area (Å²) >= 11 is 0. The van der Waals surface area contributed by atoms with E-state index in [2.05, 4.69) is 20.6 Å². The first-order chi connectivity index (χ1) is 11.2. The molecule has 1 aromatic heterocycles. The van der Waals surface area contributed by atoms with Crippen LogP contribution in [0.15, 0.2) is 29.1 Å². The summed E-state index contributed by atoms with van der Waals surface area (Å²) in [5.74, 6) is 1.12. The molecule has 1 aromatic carbocycles. The van der Waals surface area contributed by atoms with Gasteiger partial charge in [0.25, 0.3) is 5.56 Å². The van der Waals surface area contributed by atoms with Crippen molar-refractivity contribution < 1.29 is 9.47 Å². The number of nitrogens with zero attached hydrogens (tertiary/aromatic N) is 3. The highest BCUT2D eigenvalue weighted by molar-refractivity contribution is 5.29. The number of aromatic nitrogens is 3. The summed E-state index contributed by atoms with van der Waals surface area (Å²) in [5, 5.41) is 10.0. The highest BCUT2D eigenvalue weighted by atomic mass is 16.5. The van der Waals surface area contributed by atoms with Crippen LogP contribution in [-0.4, -0.2) is 53.6 Å². The molecule has 0 spiro atoms. The zero-order valence-corrected chi connectivity index (χ0v) is 12.9. The van der Waals surface area contributed by atoms with Crippen molar-refractivity contribution in [3.63, 3.8) is 0 Å². The summed E-state index contributed by atoms with van der Waals surface area (Å²) in [7, 11) is 1.62. The van der Waals surface area contributed by atoms with Gasteiger partial charge in [0.2, 0.25) is 5.95 Å². The van der Waals surface area contributed by atoms with Gasteiger partial charge in [-0.05, 0) is 17.7 Å². The molecule has 1 aliphatic heterocycles. The molecule has 8 heteroatoms. The molecule has 0 aliphatic carbocycles. The van der Waals surface area contributed by atoms with Crippen molar-refractivity contribution in [1.82, 2.24) is 20.2 Å². The van der Waals surface area contributed by atoms with Crippen LogP contribution in [0.1, 0.15) is 11.3 Å². The number of methoxy groups -OCH3 is 1. The fourth-order valence-corrected chi connectivity index (χ4v) is 2.29. The first kappa shape index (κ1) is 15.4. The maximum atomic E-state index is 12.1. The normalized spacial score (nSPS) is 15.3. The van der Waals surface area contributed by atoms with Crippen molar-refractivity contribution in [3.05, 3.63) is 45.9 Å². The minimum Gasteiger partial charge on any atom is -0.497 e. The largest absolute Gasteiger partial charge is 0.497 e. The van der Waals surface area contributed by atoms with Crippen LogP contribution in [0.5, 0.6) is 5.75 Å². The van der Waals surface area contributed by atoms with Gasteiger partial charge in [0.05, 0.1) is 20.3 Å². The first-order valence-electron chi connectivity index (χ1n) is 7.43. The second kappa shape index (κ2) is 7.21. The van der Waals surface area contributed by atoms with E-state index in [1.54, 1.807) is 7.11 Å². The van der Waals surface area contributed by atoms with Crippen LogP contribution in [0.3, 0.4) is 0 Å². The van der Waals surface area contributed by atoms with E-state index in [9.17, 15) is 4.79 Å². The Balaban J connectivity index is 1.67. The van der Waals surface area contributed by atoms with Crippen LogP contribution >= 0.6 is 0 Å². The van der Waals surface area contributed by atoms with E-state index in [1.807, 2.05) is 29.3 Å². The lowest BCUT2D eigenvalue weighted by Crippen LogP contribution is -2.41. The molecular weight excluding hydrogens is 298 g/mol. The van der Waals surface area contributed by atoms with Crippen molar-refractivity contribution in [3.8, 4) is 5.75 Å². The Labute approximate surface area is 133 Å². The van der Waals surface area contributed by atoms with Crippen molar-refractivity contribution in [2.24, 2.45) is 0 Å². The van der Waals surface area contributed by atoms with Gasteiger partial charge >= 0.3 is 0 Å². The molecule has 1 fully saturated rings. The number of rotatable bonds is 5. The molecule has 23 heavy (non-hydrogen) atoms. The Bertz CT molecular complexity index is 695. The summed E-state index contributed by atoms with van der Waals surface area (Å²) in [5.41, 5.74) is 4.14. The Kier molecular flexibility index (Phi) is 4.84. The molecule has 1 saturated heterocycles. The van der Waals surface area contributed by atoms with E-state index in [1.165, 1.54) is 0 Å². The highest BCUT2D eigenvalue weighted by Crippen LogP contribution is 2.12. The third-order valence-electron chi connectivity index (χ3n) is 3.57. The average Bonchev–Trinajstić information content (AvgIpc) is 2.59. The van der Waals surface area contributed by atoms with Crippen LogP contribution in [0.2, 0.25) is 0 Å². The maximum absolute atomic E-state index is 12.1. The summed E-state index contributed by atoms with van der Waals surface area (Å²) in [4.78, 5) is 14.9. The fraction of sp³-hybridized carbons (Fsp3) is 0.400. The van der Waals surface area contributed by atoms with Gasteiger partial charge in [-0.3, -0.25) is 15.2 Å². The molecule has 0 amide bonds. The Morgan fingerprint density at radius 2 is 2.00 bits per heavy atom. The van der Waals surface area contributed by atoms with E-state index < -0.39 is 0 Å².